The number of benzene rings is 1. The van der Waals surface area contributed by atoms with Crippen LogP contribution >= 0.6 is 0 Å². The summed E-state index contributed by atoms with van der Waals surface area (Å²) in [6, 6.07) is 8.43. The van der Waals surface area contributed by atoms with Crippen molar-refractivity contribution in [2.75, 3.05) is 12.0 Å². The number of para-hydroxylation sites is 1. The number of anilines is 1. The van der Waals surface area contributed by atoms with Crippen molar-refractivity contribution in [1.29, 1.82) is 0 Å². The Morgan fingerprint density at radius 3 is 2.26 bits per heavy atom. The fraction of sp³-hybridized carbons (Fsp3) is 0.526. The first kappa shape index (κ1) is 22.3. The van der Waals surface area contributed by atoms with E-state index in [1.54, 1.807) is 32.9 Å². The van der Waals surface area contributed by atoms with Gasteiger partial charge in [0.1, 0.15) is 18.2 Å². The standard InChI is InChI=1S/C19H30N4O4/c1-13(2)11-15(17(25)23-22-14-9-7-6-8-10-14)21-16(24)12-20-18(26)27-19(3,4)5/h6-10,13,15,22H,11-12H2,1-5H3,(H,20,26)(H,21,24)(H,23,25)/t15-/m0/s1. The van der Waals surface area contributed by atoms with Gasteiger partial charge in [-0.1, -0.05) is 32.0 Å². The minimum absolute atomic E-state index is 0.191. The van der Waals surface area contributed by atoms with Crippen molar-refractivity contribution in [3.8, 4) is 0 Å². The third kappa shape index (κ3) is 10.1. The lowest BCUT2D eigenvalue weighted by Gasteiger charge is -2.22. The SMILES string of the molecule is CC(C)C[C@H](NC(=O)CNC(=O)OC(C)(C)C)C(=O)NNc1ccccc1. The zero-order valence-electron chi connectivity index (χ0n) is 16.6. The molecule has 0 aliphatic heterocycles. The lowest BCUT2D eigenvalue weighted by Crippen LogP contribution is -2.51. The molecule has 4 N–H and O–H groups in total. The van der Waals surface area contributed by atoms with Gasteiger partial charge in [0.15, 0.2) is 0 Å². The average Bonchev–Trinajstić information content (AvgIpc) is 2.56. The monoisotopic (exact) mass is 378 g/mol. The largest absolute Gasteiger partial charge is 0.444 e. The highest BCUT2D eigenvalue weighted by molar-refractivity contribution is 5.89. The molecule has 0 saturated heterocycles. The summed E-state index contributed by atoms with van der Waals surface area (Å²) in [5, 5.41) is 5.02. The van der Waals surface area contributed by atoms with E-state index >= 15 is 0 Å². The van der Waals surface area contributed by atoms with Crippen LogP contribution < -0.4 is 21.5 Å². The molecule has 0 aromatic heterocycles. The molecule has 1 aromatic rings. The molecule has 0 aliphatic carbocycles. The first-order valence-electron chi connectivity index (χ1n) is 8.94. The van der Waals surface area contributed by atoms with E-state index in [-0.39, 0.29) is 18.4 Å². The van der Waals surface area contributed by atoms with Crippen LogP contribution in [-0.4, -0.2) is 36.1 Å². The summed E-state index contributed by atoms with van der Waals surface area (Å²) in [4.78, 5) is 36.1. The lowest BCUT2D eigenvalue weighted by molar-refractivity contribution is -0.128. The normalized spacial score (nSPS) is 12.1. The number of amides is 3. The number of rotatable bonds is 8. The molecule has 1 rings (SSSR count). The Labute approximate surface area is 160 Å². The van der Waals surface area contributed by atoms with Gasteiger partial charge in [-0.3, -0.25) is 20.4 Å². The number of carbonyl (C=O) groups is 3. The van der Waals surface area contributed by atoms with Gasteiger partial charge < -0.3 is 15.4 Å². The Balaban J connectivity index is 2.53. The van der Waals surface area contributed by atoms with Crippen LogP contribution in [-0.2, 0) is 14.3 Å². The maximum atomic E-state index is 12.4. The second kappa shape index (κ2) is 10.4. The summed E-state index contributed by atoms with van der Waals surface area (Å²) in [6.45, 7) is 8.83. The third-order valence-electron chi connectivity index (χ3n) is 3.25. The van der Waals surface area contributed by atoms with E-state index in [0.29, 0.717) is 6.42 Å². The number of hydrazine groups is 1. The maximum absolute atomic E-state index is 12.4. The van der Waals surface area contributed by atoms with Crippen LogP contribution in [0.2, 0.25) is 0 Å². The van der Waals surface area contributed by atoms with Crippen molar-refractivity contribution in [1.82, 2.24) is 16.1 Å². The van der Waals surface area contributed by atoms with E-state index in [9.17, 15) is 14.4 Å². The Bertz CT molecular complexity index is 626. The number of nitrogens with one attached hydrogen (secondary N) is 4. The third-order valence-corrected chi connectivity index (χ3v) is 3.25. The van der Waals surface area contributed by atoms with E-state index < -0.39 is 23.6 Å². The number of alkyl carbamates (subject to hydrolysis) is 1. The summed E-state index contributed by atoms with van der Waals surface area (Å²) in [5.74, 6) is -0.642. The van der Waals surface area contributed by atoms with E-state index in [2.05, 4.69) is 21.5 Å². The highest BCUT2D eigenvalue weighted by Gasteiger charge is 2.23. The second-order valence-corrected chi connectivity index (χ2v) is 7.59. The maximum Gasteiger partial charge on any atom is 0.408 e. The summed E-state index contributed by atoms with van der Waals surface area (Å²) in [5.41, 5.74) is 5.48. The quantitative estimate of drug-likeness (QED) is 0.519. The Morgan fingerprint density at radius 1 is 1.07 bits per heavy atom. The molecule has 8 nitrogen and oxygen atoms in total. The van der Waals surface area contributed by atoms with Gasteiger partial charge in [-0.2, -0.15) is 0 Å². The van der Waals surface area contributed by atoms with Crippen LogP contribution in [0.5, 0.6) is 0 Å². The topological polar surface area (TPSA) is 109 Å². The molecule has 1 atom stereocenters. The first-order chi connectivity index (χ1) is 12.6. The molecule has 0 heterocycles. The van der Waals surface area contributed by atoms with Gasteiger partial charge in [-0.25, -0.2) is 4.79 Å². The van der Waals surface area contributed by atoms with Crippen LogP contribution in [0.25, 0.3) is 0 Å². The summed E-state index contributed by atoms with van der Waals surface area (Å²) >= 11 is 0. The number of carbonyl (C=O) groups excluding carboxylic acids is 3. The first-order valence-corrected chi connectivity index (χ1v) is 8.94. The van der Waals surface area contributed by atoms with Crippen LogP contribution in [0.1, 0.15) is 41.0 Å². The molecule has 0 saturated carbocycles. The number of hydrogen-bond acceptors (Lipinski definition) is 5. The Kier molecular flexibility index (Phi) is 8.58. The van der Waals surface area contributed by atoms with E-state index in [1.807, 2.05) is 32.0 Å². The van der Waals surface area contributed by atoms with Crippen LogP contribution in [0.3, 0.4) is 0 Å². The predicted molar refractivity (Wildman–Crippen MR) is 104 cm³/mol. The fourth-order valence-corrected chi connectivity index (χ4v) is 2.16. The lowest BCUT2D eigenvalue weighted by atomic mass is 10.0. The van der Waals surface area contributed by atoms with Crippen molar-refractivity contribution < 1.29 is 19.1 Å². The zero-order valence-corrected chi connectivity index (χ0v) is 16.6. The molecule has 0 bridgehead atoms. The molecule has 150 valence electrons. The molecule has 8 heteroatoms. The molecular formula is C19H30N4O4. The number of hydrogen-bond donors (Lipinski definition) is 4. The van der Waals surface area contributed by atoms with Gasteiger partial charge in [-0.05, 0) is 45.2 Å². The molecule has 27 heavy (non-hydrogen) atoms. The van der Waals surface area contributed by atoms with Crippen LogP contribution in [0.15, 0.2) is 30.3 Å². The van der Waals surface area contributed by atoms with E-state index in [1.165, 1.54) is 0 Å². The van der Waals surface area contributed by atoms with Gasteiger partial charge in [0.25, 0.3) is 5.91 Å². The van der Waals surface area contributed by atoms with Gasteiger partial charge >= 0.3 is 6.09 Å². The Hall–Kier alpha value is -2.77. The molecule has 0 fully saturated rings. The van der Waals surface area contributed by atoms with Crippen molar-refractivity contribution in [2.45, 2.75) is 52.7 Å². The summed E-state index contributed by atoms with van der Waals surface area (Å²) in [7, 11) is 0. The van der Waals surface area contributed by atoms with Gasteiger partial charge in [0.2, 0.25) is 5.91 Å². The van der Waals surface area contributed by atoms with Crippen molar-refractivity contribution in [2.24, 2.45) is 5.92 Å². The zero-order chi connectivity index (χ0) is 20.4. The fourth-order valence-electron chi connectivity index (χ4n) is 2.16. The summed E-state index contributed by atoms with van der Waals surface area (Å²) in [6.07, 6.45) is -0.228. The molecule has 0 unspecified atom stereocenters. The van der Waals surface area contributed by atoms with Crippen LogP contribution in [0, 0.1) is 5.92 Å². The Morgan fingerprint density at radius 2 is 1.70 bits per heavy atom. The summed E-state index contributed by atoms with van der Waals surface area (Å²) < 4.78 is 5.07. The molecule has 0 spiro atoms. The van der Waals surface area contributed by atoms with Crippen molar-refractivity contribution >= 4 is 23.6 Å². The number of ether oxygens (including phenoxy) is 1. The van der Waals surface area contributed by atoms with Crippen molar-refractivity contribution in [3.63, 3.8) is 0 Å². The second-order valence-electron chi connectivity index (χ2n) is 7.59. The minimum atomic E-state index is -0.728. The molecule has 0 aliphatic rings. The van der Waals surface area contributed by atoms with E-state index in [0.717, 1.165) is 5.69 Å². The highest BCUT2D eigenvalue weighted by Crippen LogP contribution is 2.07. The molecule has 0 radical (unpaired) electrons. The predicted octanol–water partition coefficient (Wildman–Crippen LogP) is 2.19. The smallest absolute Gasteiger partial charge is 0.408 e. The van der Waals surface area contributed by atoms with Gasteiger partial charge in [-0.15, -0.1) is 0 Å². The van der Waals surface area contributed by atoms with E-state index in [4.69, 9.17) is 4.74 Å². The minimum Gasteiger partial charge on any atom is -0.444 e. The van der Waals surface area contributed by atoms with Crippen molar-refractivity contribution in [3.05, 3.63) is 30.3 Å². The molecule has 1 aromatic carbocycles. The van der Waals surface area contributed by atoms with Gasteiger partial charge in [0, 0.05) is 0 Å². The van der Waals surface area contributed by atoms with Gasteiger partial charge in [0.05, 0.1) is 5.69 Å². The molecular weight excluding hydrogens is 348 g/mol. The molecule has 3 amide bonds. The average molecular weight is 378 g/mol. The highest BCUT2D eigenvalue weighted by atomic mass is 16.6. The van der Waals surface area contributed by atoms with Crippen LogP contribution in [0.4, 0.5) is 10.5 Å².